The Hall–Kier alpha value is -1.10. The van der Waals surface area contributed by atoms with Gasteiger partial charge in [0.2, 0.25) is 11.8 Å². The molecule has 0 aromatic heterocycles. The van der Waals surface area contributed by atoms with Gasteiger partial charge in [-0.3, -0.25) is 9.59 Å². The van der Waals surface area contributed by atoms with Gasteiger partial charge in [0, 0.05) is 13.2 Å². The molecule has 0 unspecified atom stereocenters. The van der Waals surface area contributed by atoms with Crippen LogP contribution in [0.1, 0.15) is 20.8 Å². The molecular formula is C10H18N2O3. The zero-order chi connectivity index (χ0) is 11.5. The van der Waals surface area contributed by atoms with Crippen LogP contribution in [0.4, 0.5) is 0 Å². The molecule has 5 nitrogen and oxygen atoms in total. The Morgan fingerprint density at radius 2 is 2.13 bits per heavy atom. The number of amides is 2. The largest absolute Gasteiger partial charge is 0.374 e. The molecular weight excluding hydrogens is 196 g/mol. The summed E-state index contributed by atoms with van der Waals surface area (Å²) in [6.45, 7) is 7.02. The first-order valence-corrected chi connectivity index (χ1v) is 5.13. The van der Waals surface area contributed by atoms with E-state index < -0.39 is 5.60 Å². The standard InChI is InChI=1S/C10H18N2O3/c1-4-15-10(2,3)7-12-6-8(13)11-5-9(12)14/h4-7H2,1-3H3,(H,11,13). The molecule has 0 aromatic carbocycles. The Balaban J connectivity index is 2.55. The van der Waals surface area contributed by atoms with Crippen molar-refractivity contribution in [2.75, 3.05) is 26.2 Å². The lowest BCUT2D eigenvalue weighted by molar-refractivity contribution is -0.144. The van der Waals surface area contributed by atoms with Gasteiger partial charge in [-0.1, -0.05) is 0 Å². The van der Waals surface area contributed by atoms with E-state index in [1.165, 1.54) is 4.90 Å². The predicted molar refractivity (Wildman–Crippen MR) is 55.3 cm³/mol. The first-order valence-electron chi connectivity index (χ1n) is 5.13. The second-order valence-electron chi connectivity index (χ2n) is 4.22. The number of rotatable bonds is 4. The Morgan fingerprint density at radius 1 is 1.47 bits per heavy atom. The van der Waals surface area contributed by atoms with E-state index in [1.807, 2.05) is 20.8 Å². The lowest BCUT2D eigenvalue weighted by atomic mass is 10.1. The second-order valence-corrected chi connectivity index (χ2v) is 4.22. The molecule has 1 aliphatic rings. The number of carbonyl (C=O) groups excluding carboxylic acids is 2. The lowest BCUT2D eigenvalue weighted by Gasteiger charge is -2.34. The number of nitrogens with one attached hydrogen (secondary N) is 1. The highest BCUT2D eigenvalue weighted by Gasteiger charge is 2.29. The van der Waals surface area contributed by atoms with Crippen LogP contribution in [0, 0.1) is 0 Å². The van der Waals surface area contributed by atoms with Crippen LogP contribution in [-0.2, 0) is 14.3 Å². The third-order valence-electron chi connectivity index (χ3n) is 2.23. The van der Waals surface area contributed by atoms with Crippen molar-refractivity contribution in [1.29, 1.82) is 0 Å². The van der Waals surface area contributed by atoms with Gasteiger partial charge in [0.15, 0.2) is 0 Å². The molecule has 5 heteroatoms. The average Bonchev–Trinajstić information content (AvgIpc) is 2.10. The van der Waals surface area contributed by atoms with Gasteiger partial charge < -0.3 is 15.0 Å². The fourth-order valence-corrected chi connectivity index (χ4v) is 1.64. The normalized spacial score (nSPS) is 17.9. The molecule has 0 saturated carbocycles. The molecule has 0 aliphatic carbocycles. The molecule has 0 aromatic rings. The zero-order valence-corrected chi connectivity index (χ0v) is 9.50. The topological polar surface area (TPSA) is 58.6 Å². The van der Waals surface area contributed by atoms with Gasteiger partial charge in [-0.05, 0) is 20.8 Å². The van der Waals surface area contributed by atoms with Crippen LogP contribution in [-0.4, -0.2) is 48.6 Å². The van der Waals surface area contributed by atoms with Gasteiger partial charge in [-0.25, -0.2) is 0 Å². The molecule has 1 heterocycles. The van der Waals surface area contributed by atoms with Crippen molar-refractivity contribution in [2.24, 2.45) is 0 Å². The molecule has 1 rings (SSSR count). The molecule has 0 spiro atoms. The van der Waals surface area contributed by atoms with Crippen molar-refractivity contribution in [1.82, 2.24) is 10.2 Å². The summed E-state index contributed by atoms with van der Waals surface area (Å²) < 4.78 is 5.49. The van der Waals surface area contributed by atoms with Gasteiger partial charge in [0.25, 0.3) is 0 Å². The maximum Gasteiger partial charge on any atom is 0.242 e. The molecule has 0 bridgehead atoms. The van der Waals surface area contributed by atoms with E-state index in [-0.39, 0.29) is 24.9 Å². The summed E-state index contributed by atoms with van der Waals surface area (Å²) in [6, 6.07) is 0. The molecule has 1 aliphatic heterocycles. The Bertz CT molecular complexity index is 263. The van der Waals surface area contributed by atoms with Gasteiger partial charge in [-0.2, -0.15) is 0 Å². The molecule has 0 radical (unpaired) electrons. The lowest BCUT2D eigenvalue weighted by Crippen LogP contribution is -2.55. The summed E-state index contributed by atoms with van der Waals surface area (Å²) in [4.78, 5) is 24.1. The minimum Gasteiger partial charge on any atom is -0.374 e. The minimum atomic E-state index is -0.401. The van der Waals surface area contributed by atoms with Crippen LogP contribution in [0.3, 0.4) is 0 Å². The van der Waals surface area contributed by atoms with E-state index in [1.54, 1.807) is 0 Å². The van der Waals surface area contributed by atoms with E-state index in [9.17, 15) is 9.59 Å². The molecule has 2 amide bonds. The Morgan fingerprint density at radius 3 is 2.73 bits per heavy atom. The average molecular weight is 214 g/mol. The van der Waals surface area contributed by atoms with Crippen molar-refractivity contribution < 1.29 is 14.3 Å². The third-order valence-corrected chi connectivity index (χ3v) is 2.23. The molecule has 1 saturated heterocycles. The zero-order valence-electron chi connectivity index (χ0n) is 9.50. The maximum absolute atomic E-state index is 11.5. The molecule has 1 N–H and O–H groups in total. The van der Waals surface area contributed by atoms with Crippen LogP contribution in [0.15, 0.2) is 0 Å². The number of hydrogen-bond acceptors (Lipinski definition) is 3. The monoisotopic (exact) mass is 214 g/mol. The third kappa shape index (κ3) is 3.51. The van der Waals surface area contributed by atoms with E-state index >= 15 is 0 Å². The summed E-state index contributed by atoms with van der Waals surface area (Å²) >= 11 is 0. The first kappa shape index (κ1) is 12.0. The number of nitrogens with zero attached hydrogens (tertiary/aromatic N) is 1. The minimum absolute atomic E-state index is 0.0534. The van der Waals surface area contributed by atoms with Crippen LogP contribution >= 0.6 is 0 Å². The van der Waals surface area contributed by atoms with E-state index in [4.69, 9.17) is 4.74 Å². The van der Waals surface area contributed by atoms with Gasteiger partial charge in [0.1, 0.15) is 0 Å². The molecule has 0 atom stereocenters. The molecule has 1 fully saturated rings. The van der Waals surface area contributed by atoms with E-state index in [0.29, 0.717) is 13.2 Å². The van der Waals surface area contributed by atoms with Crippen molar-refractivity contribution >= 4 is 11.8 Å². The van der Waals surface area contributed by atoms with Gasteiger partial charge >= 0.3 is 0 Å². The number of ether oxygens (including phenoxy) is 1. The van der Waals surface area contributed by atoms with Gasteiger partial charge in [-0.15, -0.1) is 0 Å². The summed E-state index contributed by atoms with van der Waals surface area (Å²) in [7, 11) is 0. The van der Waals surface area contributed by atoms with Crippen molar-refractivity contribution in [3.05, 3.63) is 0 Å². The Labute approximate surface area is 89.8 Å². The highest BCUT2D eigenvalue weighted by molar-refractivity contribution is 5.92. The van der Waals surface area contributed by atoms with Crippen LogP contribution in [0.25, 0.3) is 0 Å². The number of hydrogen-bond donors (Lipinski definition) is 1. The smallest absolute Gasteiger partial charge is 0.242 e. The number of piperazine rings is 1. The number of carbonyl (C=O) groups is 2. The summed E-state index contributed by atoms with van der Waals surface area (Å²) in [5.74, 6) is -0.163. The predicted octanol–water partition coefficient (Wildman–Crippen LogP) is -0.240. The van der Waals surface area contributed by atoms with E-state index in [2.05, 4.69) is 5.32 Å². The summed E-state index contributed by atoms with van der Waals surface area (Å²) in [5, 5.41) is 2.51. The van der Waals surface area contributed by atoms with Crippen LogP contribution in [0.2, 0.25) is 0 Å². The second kappa shape index (κ2) is 4.61. The van der Waals surface area contributed by atoms with Crippen molar-refractivity contribution in [3.8, 4) is 0 Å². The summed E-state index contributed by atoms with van der Waals surface area (Å²) in [5.41, 5.74) is -0.401. The highest BCUT2D eigenvalue weighted by atomic mass is 16.5. The van der Waals surface area contributed by atoms with Crippen molar-refractivity contribution in [3.63, 3.8) is 0 Å². The quantitative estimate of drug-likeness (QED) is 0.702. The molecule has 15 heavy (non-hydrogen) atoms. The fourth-order valence-electron chi connectivity index (χ4n) is 1.64. The fraction of sp³-hybridized carbons (Fsp3) is 0.800. The van der Waals surface area contributed by atoms with Crippen LogP contribution < -0.4 is 5.32 Å². The van der Waals surface area contributed by atoms with Gasteiger partial charge in [0.05, 0.1) is 18.7 Å². The SMILES string of the molecule is CCOC(C)(C)CN1CC(=O)NCC1=O. The maximum atomic E-state index is 11.5. The summed E-state index contributed by atoms with van der Waals surface area (Å²) in [6.07, 6.45) is 0. The van der Waals surface area contributed by atoms with Crippen LogP contribution in [0.5, 0.6) is 0 Å². The first-order chi connectivity index (χ1) is 6.94. The molecule has 86 valence electrons. The highest BCUT2D eigenvalue weighted by Crippen LogP contribution is 2.12. The van der Waals surface area contributed by atoms with E-state index in [0.717, 1.165) is 0 Å². The van der Waals surface area contributed by atoms with Crippen molar-refractivity contribution in [2.45, 2.75) is 26.4 Å². The Kier molecular flexibility index (Phi) is 3.68.